The first-order valence-corrected chi connectivity index (χ1v) is 10.5. The summed E-state index contributed by atoms with van der Waals surface area (Å²) in [6.07, 6.45) is 4.71. The number of aromatic amines is 2. The molecule has 0 aliphatic heterocycles. The molecule has 0 saturated carbocycles. The number of hydrogen-bond donors (Lipinski definition) is 4. The van der Waals surface area contributed by atoms with Crippen molar-refractivity contribution in [3.05, 3.63) is 65.7 Å². The number of ether oxygens (including phenoxy) is 1. The van der Waals surface area contributed by atoms with Crippen molar-refractivity contribution in [2.45, 2.75) is 20.3 Å². The highest BCUT2D eigenvalue weighted by Crippen LogP contribution is 2.25. The third-order valence-electron chi connectivity index (χ3n) is 5.49. The number of benzene rings is 2. The highest BCUT2D eigenvalue weighted by Gasteiger charge is 2.08. The lowest BCUT2D eigenvalue weighted by molar-refractivity contribution is 0.415. The molecule has 0 unspecified atom stereocenters. The van der Waals surface area contributed by atoms with E-state index in [1.807, 2.05) is 56.6 Å². The molecule has 5 aromatic rings. The highest BCUT2D eigenvalue weighted by molar-refractivity contribution is 5.84. The summed E-state index contributed by atoms with van der Waals surface area (Å²) in [6.45, 7) is 4.66. The minimum atomic E-state index is 0.592. The zero-order valence-electron chi connectivity index (χ0n) is 18.3. The van der Waals surface area contributed by atoms with Gasteiger partial charge >= 0.3 is 0 Å². The van der Waals surface area contributed by atoms with Gasteiger partial charge in [0.1, 0.15) is 17.4 Å². The van der Waals surface area contributed by atoms with E-state index in [1.165, 1.54) is 10.9 Å². The summed E-state index contributed by atoms with van der Waals surface area (Å²) in [5.41, 5.74) is 6.18. The van der Waals surface area contributed by atoms with Crippen LogP contribution in [0.2, 0.25) is 0 Å². The second-order valence-corrected chi connectivity index (χ2v) is 7.81. The van der Waals surface area contributed by atoms with Crippen molar-refractivity contribution in [2.75, 3.05) is 24.3 Å². The quantitative estimate of drug-likeness (QED) is 0.296. The summed E-state index contributed by atoms with van der Waals surface area (Å²) < 4.78 is 5.36. The van der Waals surface area contributed by atoms with Gasteiger partial charge in [-0.15, -0.1) is 0 Å². The Morgan fingerprint density at radius 1 is 1.03 bits per heavy atom. The van der Waals surface area contributed by atoms with E-state index in [9.17, 15) is 0 Å². The molecule has 3 heterocycles. The molecule has 32 heavy (non-hydrogen) atoms. The van der Waals surface area contributed by atoms with E-state index in [-0.39, 0.29) is 0 Å². The van der Waals surface area contributed by atoms with Gasteiger partial charge in [0.25, 0.3) is 0 Å². The molecule has 0 aliphatic carbocycles. The first kappa shape index (κ1) is 19.9. The monoisotopic (exact) mass is 427 g/mol. The second-order valence-electron chi connectivity index (χ2n) is 7.81. The number of nitrogens with one attached hydrogen (secondary N) is 4. The number of methoxy groups -OCH3 is 1. The van der Waals surface area contributed by atoms with Crippen LogP contribution in [0.5, 0.6) is 5.75 Å². The molecule has 8 nitrogen and oxygen atoms in total. The molecule has 0 amide bonds. The average molecular weight is 428 g/mol. The number of imidazole rings is 1. The summed E-state index contributed by atoms with van der Waals surface area (Å²) in [5.74, 6) is 3.12. The SMILES string of the molecule is COc1ccc2[nH]cc(CCNc3ncc(C)c(Nc4ccc5nc(C)[nH]c5c4)n3)c2c1. The first-order chi connectivity index (χ1) is 15.6. The van der Waals surface area contributed by atoms with Gasteiger partial charge in [-0.25, -0.2) is 9.97 Å². The van der Waals surface area contributed by atoms with Crippen LogP contribution < -0.4 is 15.4 Å². The lowest BCUT2D eigenvalue weighted by Crippen LogP contribution is -2.09. The van der Waals surface area contributed by atoms with Gasteiger partial charge in [-0.05, 0) is 62.2 Å². The van der Waals surface area contributed by atoms with E-state index >= 15 is 0 Å². The van der Waals surface area contributed by atoms with Gasteiger partial charge in [-0.1, -0.05) is 0 Å². The van der Waals surface area contributed by atoms with E-state index in [4.69, 9.17) is 4.74 Å². The van der Waals surface area contributed by atoms with E-state index < -0.39 is 0 Å². The van der Waals surface area contributed by atoms with Crippen molar-refractivity contribution in [3.63, 3.8) is 0 Å². The predicted molar refractivity (Wildman–Crippen MR) is 128 cm³/mol. The molecule has 8 heteroatoms. The Labute approximate surface area is 185 Å². The third-order valence-corrected chi connectivity index (χ3v) is 5.49. The third kappa shape index (κ3) is 3.94. The molecule has 0 spiro atoms. The minimum absolute atomic E-state index is 0.592. The van der Waals surface area contributed by atoms with Crippen LogP contribution in [0, 0.1) is 13.8 Å². The van der Waals surface area contributed by atoms with Crippen LogP contribution >= 0.6 is 0 Å². The van der Waals surface area contributed by atoms with Gasteiger partial charge in [0.05, 0.1) is 18.1 Å². The van der Waals surface area contributed by atoms with Crippen molar-refractivity contribution in [1.29, 1.82) is 0 Å². The van der Waals surface area contributed by atoms with Crippen molar-refractivity contribution in [1.82, 2.24) is 24.9 Å². The van der Waals surface area contributed by atoms with E-state index in [1.54, 1.807) is 7.11 Å². The van der Waals surface area contributed by atoms with Crippen LogP contribution in [0.25, 0.3) is 21.9 Å². The van der Waals surface area contributed by atoms with E-state index in [0.29, 0.717) is 12.5 Å². The van der Waals surface area contributed by atoms with Crippen LogP contribution in [0.3, 0.4) is 0 Å². The molecule has 0 fully saturated rings. The zero-order valence-corrected chi connectivity index (χ0v) is 18.3. The van der Waals surface area contributed by atoms with Crippen molar-refractivity contribution < 1.29 is 4.74 Å². The van der Waals surface area contributed by atoms with Gasteiger partial charge in [0, 0.05) is 41.1 Å². The predicted octanol–water partition coefficient (Wildman–Crippen LogP) is 4.86. The molecule has 5 rings (SSSR count). The Balaban J connectivity index is 1.28. The van der Waals surface area contributed by atoms with Crippen molar-refractivity contribution >= 4 is 39.4 Å². The van der Waals surface area contributed by atoms with Gasteiger partial charge in [0.15, 0.2) is 0 Å². The Morgan fingerprint density at radius 3 is 2.81 bits per heavy atom. The molecular weight excluding hydrogens is 402 g/mol. The standard InChI is InChI=1S/C24H25N7O/c1-14-12-27-24(25-9-8-16-13-26-20-7-5-18(32-3)11-19(16)20)31-23(14)30-17-4-6-21-22(10-17)29-15(2)28-21/h4-7,10-13,26H,8-9H2,1-3H3,(H,28,29)(H2,25,27,30,31). The molecule has 4 N–H and O–H groups in total. The second kappa shape index (κ2) is 8.22. The Hall–Kier alpha value is -4.07. The molecular formula is C24H25N7O. The molecule has 0 aliphatic rings. The summed E-state index contributed by atoms with van der Waals surface area (Å²) in [4.78, 5) is 20.1. The number of nitrogens with zero attached hydrogens (tertiary/aromatic N) is 3. The number of fused-ring (bicyclic) bond motifs is 2. The molecule has 0 saturated heterocycles. The van der Waals surface area contributed by atoms with Gasteiger partial charge in [-0.3, -0.25) is 0 Å². The maximum atomic E-state index is 5.36. The summed E-state index contributed by atoms with van der Waals surface area (Å²) in [6, 6.07) is 12.1. The lowest BCUT2D eigenvalue weighted by Gasteiger charge is -2.11. The fraction of sp³-hybridized carbons (Fsp3) is 0.208. The summed E-state index contributed by atoms with van der Waals surface area (Å²) in [5, 5.41) is 7.91. The Bertz CT molecular complexity index is 1400. The number of aryl methyl sites for hydroxylation is 2. The summed E-state index contributed by atoms with van der Waals surface area (Å²) >= 11 is 0. The molecule has 2 aromatic carbocycles. The lowest BCUT2D eigenvalue weighted by atomic mass is 10.1. The van der Waals surface area contributed by atoms with Crippen LogP contribution in [0.15, 0.2) is 48.8 Å². The smallest absolute Gasteiger partial charge is 0.224 e. The first-order valence-electron chi connectivity index (χ1n) is 10.5. The molecule has 0 bridgehead atoms. The average Bonchev–Trinajstić information content (AvgIpc) is 3.37. The van der Waals surface area contributed by atoms with Crippen LogP contribution in [0.1, 0.15) is 17.0 Å². The zero-order chi connectivity index (χ0) is 22.1. The largest absolute Gasteiger partial charge is 0.497 e. The molecule has 0 radical (unpaired) electrons. The highest BCUT2D eigenvalue weighted by atomic mass is 16.5. The van der Waals surface area contributed by atoms with Crippen LogP contribution in [-0.2, 0) is 6.42 Å². The fourth-order valence-electron chi connectivity index (χ4n) is 3.81. The van der Waals surface area contributed by atoms with Crippen LogP contribution in [-0.4, -0.2) is 38.6 Å². The molecule has 162 valence electrons. The van der Waals surface area contributed by atoms with Gasteiger partial charge in [-0.2, -0.15) is 4.98 Å². The number of aromatic nitrogens is 5. The minimum Gasteiger partial charge on any atom is -0.497 e. The van der Waals surface area contributed by atoms with Crippen molar-refractivity contribution in [2.24, 2.45) is 0 Å². The number of H-pyrrole nitrogens is 2. The Morgan fingerprint density at radius 2 is 1.94 bits per heavy atom. The maximum absolute atomic E-state index is 5.36. The maximum Gasteiger partial charge on any atom is 0.224 e. The fourth-order valence-corrected chi connectivity index (χ4v) is 3.81. The number of anilines is 3. The molecule has 3 aromatic heterocycles. The van der Waals surface area contributed by atoms with Gasteiger partial charge in [0.2, 0.25) is 5.95 Å². The normalized spacial score (nSPS) is 11.2. The van der Waals surface area contributed by atoms with E-state index in [0.717, 1.165) is 51.6 Å². The van der Waals surface area contributed by atoms with Crippen molar-refractivity contribution in [3.8, 4) is 5.75 Å². The van der Waals surface area contributed by atoms with E-state index in [2.05, 4.69) is 41.6 Å². The topological polar surface area (TPSA) is 104 Å². The molecule has 0 atom stereocenters. The number of hydrogen-bond acceptors (Lipinski definition) is 6. The Kier molecular flexibility index (Phi) is 5.10. The van der Waals surface area contributed by atoms with Gasteiger partial charge < -0.3 is 25.3 Å². The van der Waals surface area contributed by atoms with Crippen LogP contribution in [0.4, 0.5) is 17.5 Å². The number of rotatable bonds is 7. The summed E-state index contributed by atoms with van der Waals surface area (Å²) in [7, 11) is 1.68.